The van der Waals surface area contributed by atoms with E-state index < -0.39 is 0 Å². The molecule has 2 aliphatic heterocycles. The third kappa shape index (κ3) is 3.78. The van der Waals surface area contributed by atoms with Crippen molar-refractivity contribution in [2.75, 3.05) is 24.5 Å². The van der Waals surface area contributed by atoms with Gasteiger partial charge in [-0.05, 0) is 44.0 Å². The Hall–Kier alpha value is -1.59. The van der Waals surface area contributed by atoms with Crippen molar-refractivity contribution in [2.24, 2.45) is 0 Å². The zero-order valence-corrected chi connectivity index (χ0v) is 13.3. The molecule has 0 spiro atoms. The van der Waals surface area contributed by atoms with Crippen molar-refractivity contribution in [1.82, 2.24) is 10.6 Å². The van der Waals surface area contributed by atoms with Crippen molar-refractivity contribution in [3.05, 3.63) is 29.8 Å². The molecule has 120 valence electrons. The topological polar surface area (TPSA) is 61.4 Å². The smallest absolute Gasteiger partial charge is 0.251 e. The fourth-order valence-corrected chi connectivity index (χ4v) is 2.99. The summed E-state index contributed by atoms with van der Waals surface area (Å²) < 4.78 is 0. The van der Waals surface area contributed by atoms with E-state index in [-0.39, 0.29) is 24.2 Å². The van der Waals surface area contributed by atoms with Gasteiger partial charge in [0.05, 0.1) is 0 Å². The zero-order valence-electron chi connectivity index (χ0n) is 12.5. The first kappa shape index (κ1) is 16.8. The molecule has 22 heavy (non-hydrogen) atoms. The minimum atomic E-state index is -0.0720. The molecule has 0 aliphatic carbocycles. The van der Waals surface area contributed by atoms with E-state index in [1.54, 1.807) is 17.0 Å². The Labute approximate surface area is 136 Å². The van der Waals surface area contributed by atoms with E-state index in [0.29, 0.717) is 24.6 Å². The minimum Gasteiger partial charge on any atom is -0.350 e. The molecular formula is C16H22ClN3O2. The SMILES string of the molecule is Cl.O=C(NCC1CCCN1)c1cccc(N2CCCC2=O)c1. The standard InChI is InChI=1S/C16H21N3O2.ClH/c20-15-7-3-9-19(15)14-6-1-4-12(10-14)16(21)18-11-13-5-2-8-17-13;/h1,4,6,10,13,17H,2-3,5,7-9,11H2,(H,18,21);1H. The number of hydrogen-bond donors (Lipinski definition) is 2. The van der Waals surface area contributed by atoms with Gasteiger partial charge in [0.25, 0.3) is 5.91 Å². The minimum absolute atomic E-state index is 0. The summed E-state index contributed by atoms with van der Waals surface area (Å²) in [5, 5.41) is 6.32. The molecule has 3 rings (SSSR count). The number of benzene rings is 1. The number of carbonyl (C=O) groups is 2. The van der Waals surface area contributed by atoms with Crippen LogP contribution in [-0.2, 0) is 4.79 Å². The van der Waals surface area contributed by atoms with Crippen LogP contribution in [0.4, 0.5) is 5.69 Å². The second-order valence-electron chi connectivity index (χ2n) is 5.70. The second kappa shape index (κ2) is 7.61. The molecule has 1 aromatic carbocycles. The highest BCUT2D eigenvalue weighted by molar-refractivity contribution is 5.99. The number of anilines is 1. The molecule has 1 unspecified atom stereocenters. The maximum Gasteiger partial charge on any atom is 0.251 e. The molecule has 2 saturated heterocycles. The monoisotopic (exact) mass is 323 g/mol. The first-order chi connectivity index (χ1) is 10.2. The van der Waals surface area contributed by atoms with E-state index >= 15 is 0 Å². The third-order valence-corrected chi connectivity index (χ3v) is 4.16. The highest BCUT2D eigenvalue weighted by Crippen LogP contribution is 2.22. The summed E-state index contributed by atoms with van der Waals surface area (Å²) in [7, 11) is 0. The predicted molar refractivity (Wildman–Crippen MR) is 88.6 cm³/mol. The van der Waals surface area contributed by atoms with Gasteiger partial charge in [-0.2, -0.15) is 0 Å². The van der Waals surface area contributed by atoms with Crippen molar-refractivity contribution in [3.63, 3.8) is 0 Å². The highest BCUT2D eigenvalue weighted by Gasteiger charge is 2.22. The third-order valence-electron chi connectivity index (χ3n) is 4.16. The van der Waals surface area contributed by atoms with Gasteiger partial charge in [-0.1, -0.05) is 6.07 Å². The van der Waals surface area contributed by atoms with E-state index in [1.807, 2.05) is 12.1 Å². The van der Waals surface area contributed by atoms with E-state index in [2.05, 4.69) is 10.6 Å². The number of carbonyl (C=O) groups excluding carboxylic acids is 2. The summed E-state index contributed by atoms with van der Waals surface area (Å²) in [6.07, 6.45) is 3.78. The fourth-order valence-electron chi connectivity index (χ4n) is 2.99. The summed E-state index contributed by atoms with van der Waals surface area (Å²) in [6, 6.07) is 7.71. The summed E-state index contributed by atoms with van der Waals surface area (Å²) in [5.74, 6) is 0.0694. The Bertz CT molecular complexity index is 544. The molecule has 2 heterocycles. The fraction of sp³-hybridized carbons (Fsp3) is 0.500. The second-order valence-corrected chi connectivity index (χ2v) is 5.70. The average Bonchev–Trinajstić information content (AvgIpc) is 3.16. The molecular weight excluding hydrogens is 302 g/mol. The predicted octanol–water partition coefficient (Wildman–Crippen LogP) is 1.72. The van der Waals surface area contributed by atoms with Crippen LogP contribution in [0.1, 0.15) is 36.0 Å². The molecule has 2 amide bonds. The van der Waals surface area contributed by atoms with Gasteiger partial charge in [0, 0.05) is 36.8 Å². The molecule has 0 bridgehead atoms. The van der Waals surface area contributed by atoms with Crippen molar-refractivity contribution < 1.29 is 9.59 Å². The molecule has 0 radical (unpaired) electrons. The lowest BCUT2D eigenvalue weighted by Gasteiger charge is -2.17. The number of amides is 2. The van der Waals surface area contributed by atoms with Crippen LogP contribution in [0.2, 0.25) is 0 Å². The van der Waals surface area contributed by atoms with Gasteiger partial charge < -0.3 is 15.5 Å². The number of halogens is 1. The quantitative estimate of drug-likeness (QED) is 0.887. The van der Waals surface area contributed by atoms with Gasteiger partial charge in [-0.25, -0.2) is 0 Å². The van der Waals surface area contributed by atoms with Crippen LogP contribution in [0.3, 0.4) is 0 Å². The summed E-state index contributed by atoms with van der Waals surface area (Å²) in [4.78, 5) is 25.7. The molecule has 2 fully saturated rings. The van der Waals surface area contributed by atoms with Gasteiger partial charge in [-0.3, -0.25) is 9.59 Å². The maximum absolute atomic E-state index is 12.2. The van der Waals surface area contributed by atoms with Gasteiger partial charge >= 0.3 is 0 Å². The average molecular weight is 324 g/mol. The van der Waals surface area contributed by atoms with Crippen LogP contribution in [0, 0.1) is 0 Å². The van der Waals surface area contributed by atoms with Gasteiger partial charge in [0.15, 0.2) is 0 Å². The van der Waals surface area contributed by atoms with E-state index in [1.165, 1.54) is 6.42 Å². The first-order valence-electron chi connectivity index (χ1n) is 7.66. The normalized spacial score (nSPS) is 20.8. The molecule has 6 heteroatoms. The van der Waals surface area contributed by atoms with Crippen molar-refractivity contribution >= 4 is 29.9 Å². The molecule has 1 aromatic rings. The summed E-state index contributed by atoms with van der Waals surface area (Å²) >= 11 is 0. The lowest BCUT2D eigenvalue weighted by atomic mass is 10.1. The van der Waals surface area contributed by atoms with Crippen LogP contribution in [-0.4, -0.2) is 37.5 Å². The van der Waals surface area contributed by atoms with Crippen LogP contribution in [0.25, 0.3) is 0 Å². The highest BCUT2D eigenvalue weighted by atomic mass is 35.5. The van der Waals surface area contributed by atoms with Crippen molar-refractivity contribution in [2.45, 2.75) is 31.7 Å². The zero-order chi connectivity index (χ0) is 14.7. The lowest BCUT2D eigenvalue weighted by molar-refractivity contribution is -0.117. The molecule has 5 nitrogen and oxygen atoms in total. The number of nitrogens with one attached hydrogen (secondary N) is 2. The number of nitrogens with zero attached hydrogens (tertiary/aromatic N) is 1. The van der Waals surface area contributed by atoms with Crippen LogP contribution in [0.5, 0.6) is 0 Å². The van der Waals surface area contributed by atoms with Crippen LogP contribution < -0.4 is 15.5 Å². The largest absolute Gasteiger partial charge is 0.350 e. The Morgan fingerprint density at radius 3 is 2.91 bits per heavy atom. The molecule has 0 aromatic heterocycles. The summed E-state index contributed by atoms with van der Waals surface area (Å²) in [6.45, 7) is 2.44. The van der Waals surface area contributed by atoms with Crippen molar-refractivity contribution in [1.29, 1.82) is 0 Å². The Kier molecular flexibility index (Phi) is 5.80. The van der Waals surface area contributed by atoms with Gasteiger partial charge in [0.2, 0.25) is 5.91 Å². The Morgan fingerprint density at radius 1 is 1.36 bits per heavy atom. The number of hydrogen-bond acceptors (Lipinski definition) is 3. The van der Waals surface area contributed by atoms with E-state index in [0.717, 1.165) is 31.6 Å². The molecule has 2 aliphatic rings. The molecule has 0 saturated carbocycles. The van der Waals surface area contributed by atoms with Gasteiger partial charge in [-0.15, -0.1) is 12.4 Å². The van der Waals surface area contributed by atoms with Crippen LogP contribution >= 0.6 is 12.4 Å². The van der Waals surface area contributed by atoms with E-state index in [9.17, 15) is 9.59 Å². The first-order valence-corrected chi connectivity index (χ1v) is 7.66. The lowest BCUT2D eigenvalue weighted by Crippen LogP contribution is -2.37. The Balaban J connectivity index is 0.00000176. The summed E-state index contributed by atoms with van der Waals surface area (Å²) in [5.41, 5.74) is 1.44. The maximum atomic E-state index is 12.2. The Morgan fingerprint density at radius 2 is 2.23 bits per heavy atom. The van der Waals surface area contributed by atoms with Crippen molar-refractivity contribution in [3.8, 4) is 0 Å². The van der Waals surface area contributed by atoms with Gasteiger partial charge in [0.1, 0.15) is 0 Å². The molecule has 1 atom stereocenters. The van der Waals surface area contributed by atoms with E-state index in [4.69, 9.17) is 0 Å². The molecule has 2 N–H and O–H groups in total. The number of rotatable bonds is 4. The van der Waals surface area contributed by atoms with Crippen LogP contribution in [0.15, 0.2) is 24.3 Å².